The van der Waals surface area contributed by atoms with Crippen LogP contribution in [0.4, 0.5) is 10.9 Å². The number of anilines is 2. The molecule has 2 rings (SSSR count). The quantitative estimate of drug-likeness (QED) is 0.727. The predicted molar refractivity (Wildman–Crippen MR) is 54.3 cm³/mol. The number of aromatic nitrogens is 1. The summed E-state index contributed by atoms with van der Waals surface area (Å²) in [4.78, 5) is 6.77. The molecule has 0 saturated carbocycles. The fourth-order valence-electron chi connectivity index (χ4n) is 1.39. The van der Waals surface area contributed by atoms with Crippen LogP contribution >= 0.6 is 11.3 Å². The molecule has 0 amide bonds. The lowest BCUT2D eigenvalue weighted by Gasteiger charge is -2.26. The number of hydrogen-bond acceptors (Lipinski definition) is 6. The van der Waals surface area contributed by atoms with Gasteiger partial charge in [-0.15, -0.1) is 0 Å². The fourth-order valence-corrected chi connectivity index (χ4v) is 2.04. The van der Waals surface area contributed by atoms with E-state index in [0.717, 1.165) is 13.1 Å². The number of nitriles is 1. The van der Waals surface area contributed by atoms with Gasteiger partial charge in [-0.3, -0.25) is 0 Å². The molecule has 0 aliphatic carbocycles. The van der Waals surface area contributed by atoms with Crippen molar-refractivity contribution in [1.29, 1.82) is 5.26 Å². The van der Waals surface area contributed by atoms with Crippen molar-refractivity contribution in [2.24, 2.45) is 0 Å². The lowest BCUT2D eigenvalue weighted by molar-refractivity contribution is 0.122. The van der Waals surface area contributed by atoms with Crippen molar-refractivity contribution < 1.29 is 4.74 Å². The zero-order chi connectivity index (χ0) is 9.97. The van der Waals surface area contributed by atoms with Crippen molar-refractivity contribution in [3.8, 4) is 6.07 Å². The van der Waals surface area contributed by atoms with Gasteiger partial charge in [-0.05, 0) is 0 Å². The highest BCUT2D eigenvalue weighted by molar-refractivity contribution is 7.16. The monoisotopic (exact) mass is 210 g/mol. The SMILES string of the molecule is N#Cc1sc(N)nc1N1CCOCC1. The highest BCUT2D eigenvalue weighted by atomic mass is 32.1. The molecule has 1 aliphatic heterocycles. The van der Waals surface area contributed by atoms with Gasteiger partial charge in [0.1, 0.15) is 6.07 Å². The summed E-state index contributed by atoms with van der Waals surface area (Å²) in [6, 6.07) is 2.11. The van der Waals surface area contributed by atoms with E-state index in [9.17, 15) is 0 Å². The van der Waals surface area contributed by atoms with Crippen LogP contribution in [0.25, 0.3) is 0 Å². The minimum atomic E-state index is 0.447. The van der Waals surface area contributed by atoms with Crippen molar-refractivity contribution in [3.05, 3.63) is 4.88 Å². The highest BCUT2D eigenvalue weighted by Crippen LogP contribution is 2.27. The van der Waals surface area contributed by atoms with E-state index in [1.165, 1.54) is 11.3 Å². The summed E-state index contributed by atoms with van der Waals surface area (Å²) in [5.74, 6) is 0.707. The van der Waals surface area contributed by atoms with Crippen LogP contribution in [0.15, 0.2) is 0 Å². The Morgan fingerprint density at radius 2 is 2.21 bits per heavy atom. The summed E-state index contributed by atoms with van der Waals surface area (Å²) in [5.41, 5.74) is 5.56. The first-order valence-corrected chi connectivity index (χ1v) is 5.12. The molecule has 2 heterocycles. The minimum absolute atomic E-state index is 0.447. The second-order valence-corrected chi connectivity index (χ2v) is 3.95. The van der Waals surface area contributed by atoms with Crippen LogP contribution in [0.2, 0.25) is 0 Å². The summed E-state index contributed by atoms with van der Waals surface area (Å²) in [5, 5.41) is 9.32. The molecule has 1 aliphatic rings. The molecule has 0 bridgehead atoms. The van der Waals surface area contributed by atoms with Crippen LogP contribution in [0, 0.1) is 11.3 Å². The molecule has 74 valence electrons. The molecule has 1 aromatic heterocycles. The van der Waals surface area contributed by atoms with Crippen molar-refractivity contribution in [2.45, 2.75) is 0 Å². The van der Waals surface area contributed by atoms with Gasteiger partial charge in [0.25, 0.3) is 0 Å². The molecule has 2 N–H and O–H groups in total. The first-order chi connectivity index (χ1) is 6.81. The summed E-state index contributed by atoms with van der Waals surface area (Å²) >= 11 is 1.23. The first-order valence-electron chi connectivity index (χ1n) is 4.30. The molecule has 1 saturated heterocycles. The predicted octanol–water partition coefficient (Wildman–Crippen LogP) is 0.434. The van der Waals surface area contributed by atoms with Gasteiger partial charge in [-0.25, -0.2) is 4.98 Å². The Bertz CT molecular complexity index is 364. The number of hydrogen-bond donors (Lipinski definition) is 1. The molecule has 0 atom stereocenters. The molecule has 1 aromatic rings. The maximum atomic E-state index is 8.87. The number of ether oxygens (including phenoxy) is 1. The van der Waals surface area contributed by atoms with Gasteiger partial charge in [-0.1, -0.05) is 11.3 Å². The Kier molecular flexibility index (Phi) is 2.52. The van der Waals surface area contributed by atoms with E-state index >= 15 is 0 Å². The van der Waals surface area contributed by atoms with E-state index in [2.05, 4.69) is 11.1 Å². The Morgan fingerprint density at radius 1 is 1.50 bits per heavy atom. The van der Waals surface area contributed by atoms with Crippen LogP contribution in [-0.2, 0) is 4.74 Å². The van der Waals surface area contributed by atoms with Gasteiger partial charge in [0.2, 0.25) is 0 Å². The molecular weight excluding hydrogens is 200 g/mol. The number of morpholine rings is 1. The number of nitrogens with zero attached hydrogens (tertiary/aromatic N) is 3. The second kappa shape index (κ2) is 3.82. The number of thiazole rings is 1. The van der Waals surface area contributed by atoms with Gasteiger partial charge in [0.15, 0.2) is 15.8 Å². The van der Waals surface area contributed by atoms with Crippen LogP contribution in [-0.4, -0.2) is 31.3 Å². The van der Waals surface area contributed by atoms with Crippen molar-refractivity contribution >= 4 is 22.3 Å². The van der Waals surface area contributed by atoms with Gasteiger partial charge < -0.3 is 15.4 Å². The van der Waals surface area contributed by atoms with E-state index in [0.29, 0.717) is 29.0 Å². The summed E-state index contributed by atoms with van der Waals surface area (Å²) < 4.78 is 5.22. The molecule has 14 heavy (non-hydrogen) atoms. The van der Waals surface area contributed by atoms with E-state index in [4.69, 9.17) is 15.7 Å². The van der Waals surface area contributed by atoms with Crippen LogP contribution < -0.4 is 10.6 Å². The Hall–Kier alpha value is -1.32. The molecule has 0 unspecified atom stereocenters. The van der Waals surface area contributed by atoms with E-state index in [1.54, 1.807) is 0 Å². The zero-order valence-corrected chi connectivity index (χ0v) is 8.38. The second-order valence-electron chi connectivity index (χ2n) is 2.92. The maximum Gasteiger partial charge on any atom is 0.183 e. The number of nitrogen functional groups attached to an aromatic ring is 1. The van der Waals surface area contributed by atoms with Gasteiger partial charge >= 0.3 is 0 Å². The summed E-state index contributed by atoms with van der Waals surface area (Å²) in [6.07, 6.45) is 0. The Morgan fingerprint density at radius 3 is 2.86 bits per heavy atom. The third-order valence-electron chi connectivity index (χ3n) is 2.04. The van der Waals surface area contributed by atoms with Gasteiger partial charge in [0.05, 0.1) is 13.2 Å². The molecule has 1 fully saturated rings. The Balaban J connectivity index is 2.25. The van der Waals surface area contributed by atoms with Crippen molar-refractivity contribution in [2.75, 3.05) is 36.9 Å². The minimum Gasteiger partial charge on any atom is -0.378 e. The molecule has 6 heteroatoms. The topological polar surface area (TPSA) is 75.2 Å². The van der Waals surface area contributed by atoms with Crippen LogP contribution in [0.3, 0.4) is 0 Å². The summed E-state index contributed by atoms with van der Waals surface area (Å²) in [7, 11) is 0. The molecule has 0 spiro atoms. The normalized spacial score (nSPS) is 16.6. The molecule has 5 nitrogen and oxygen atoms in total. The maximum absolute atomic E-state index is 8.87. The average Bonchev–Trinajstić information content (AvgIpc) is 2.61. The van der Waals surface area contributed by atoms with Gasteiger partial charge in [-0.2, -0.15) is 5.26 Å². The summed E-state index contributed by atoms with van der Waals surface area (Å²) in [6.45, 7) is 2.92. The lowest BCUT2D eigenvalue weighted by Crippen LogP contribution is -2.36. The van der Waals surface area contributed by atoms with Crippen molar-refractivity contribution in [3.63, 3.8) is 0 Å². The van der Waals surface area contributed by atoms with Crippen LogP contribution in [0.1, 0.15) is 4.88 Å². The Labute approximate surface area is 85.7 Å². The number of rotatable bonds is 1. The zero-order valence-electron chi connectivity index (χ0n) is 7.56. The van der Waals surface area contributed by atoms with Crippen LogP contribution in [0.5, 0.6) is 0 Å². The third-order valence-corrected chi connectivity index (χ3v) is 2.82. The number of nitrogens with two attached hydrogens (primary N) is 1. The lowest BCUT2D eigenvalue weighted by atomic mass is 10.4. The van der Waals surface area contributed by atoms with E-state index in [1.807, 2.05) is 4.90 Å². The highest BCUT2D eigenvalue weighted by Gasteiger charge is 2.18. The fraction of sp³-hybridized carbons (Fsp3) is 0.500. The third kappa shape index (κ3) is 1.64. The smallest absolute Gasteiger partial charge is 0.183 e. The largest absolute Gasteiger partial charge is 0.378 e. The first kappa shape index (κ1) is 9.24. The molecular formula is C8H10N4OS. The molecule has 0 aromatic carbocycles. The van der Waals surface area contributed by atoms with Gasteiger partial charge in [0, 0.05) is 13.1 Å². The van der Waals surface area contributed by atoms with Crippen molar-refractivity contribution in [1.82, 2.24) is 4.98 Å². The molecule has 0 radical (unpaired) electrons. The standard InChI is InChI=1S/C8H10N4OS/c9-5-6-7(11-8(10)14-6)12-1-3-13-4-2-12/h1-4H2,(H2,10,11). The average molecular weight is 210 g/mol. The van der Waals surface area contributed by atoms with E-state index in [-0.39, 0.29) is 0 Å². The van der Waals surface area contributed by atoms with E-state index < -0.39 is 0 Å².